The number of anilines is 3. The molecule has 0 aliphatic carbocycles. The molecule has 0 aliphatic rings. The van der Waals surface area contributed by atoms with Crippen LogP contribution in [0.4, 0.5) is 21.5 Å². The molecule has 3 aromatic carbocycles. The van der Waals surface area contributed by atoms with Crippen molar-refractivity contribution in [2.75, 3.05) is 28.1 Å². The lowest BCUT2D eigenvalue weighted by Crippen LogP contribution is -2.38. The lowest BCUT2D eigenvalue weighted by molar-refractivity contribution is -0.115. The number of rotatable bonds is 9. The number of carbonyl (C=O) groups is 2. The van der Waals surface area contributed by atoms with Crippen molar-refractivity contribution in [3.63, 3.8) is 0 Å². The van der Waals surface area contributed by atoms with Crippen molar-refractivity contribution in [2.24, 2.45) is 0 Å². The van der Waals surface area contributed by atoms with E-state index in [1.54, 1.807) is 36.4 Å². The van der Waals surface area contributed by atoms with Crippen molar-refractivity contribution in [1.82, 2.24) is 0 Å². The molecule has 0 fully saturated rings. The molecular formula is C24H24FN3O5S. The molecule has 178 valence electrons. The predicted octanol–water partition coefficient (Wildman–Crippen LogP) is 4.02. The van der Waals surface area contributed by atoms with E-state index in [0.717, 1.165) is 28.6 Å². The van der Waals surface area contributed by atoms with Crippen molar-refractivity contribution in [2.45, 2.75) is 18.7 Å². The fraction of sp³-hybridized carbons (Fsp3) is 0.167. The molecule has 2 amide bonds. The molecule has 0 atom stereocenters. The first-order chi connectivity index (χ1) is 16.2. The molecule has 0 unspecified atom stereocenters. The molecule has 0 bridgehead atoms. The van der Waals surface area contributed by atoms with Gasteiger partial charge in [0.15, 0.2) is 0 Å². The largest absolute Gasteiger partial charge is 0.494 e. The molecule has 0 spiro atoms. The number of nitrogens with zero attached hydrogens (tertiary/aromatic N) is 1. The quantitative estimate of drug-likeness (QED) is 0.476. The van der Waals surface area contributed by atoms with E-state index in [-0.39, 0.29) is 16.5 Å². The predicted molar refractivity (Wildman–Crippen MR) is 128 cm³/mol. The molecule has 2 N–H and O–H groups in total. The molecule has 0 saturated carbocycles. The van der Waals surface area contributed by atoms with E-state index in [1.807, 2.05) is 6.92 Å². The van der Waals surface area contributed by atoms with Crippen LogP contribution < -0.4 is 19.7 Å². The van der Waals surface area contributed by atoms with E-state index in [9.17, 15) is 22.4 Å². The van der Waals surface area contributed by atoms with E-state index in [0.29, 0.717) is 23.7 Å². The van der Waals surface area contributed by atoms with Gasteiger partial charge in [0.1, 0.15) is 18.1 Å². The lowest BCUT2D eigenvalue weighted by atomic mass is 10.2. The molecule has 3 rings (SSSR count). The van der Waals surface area contributed by atoms with Crippen LogP contribution in [0.25, 0.3) is 0 Å². The molecule has 8 nitrogen and oxygen atoms in total. The van der Waals surface area contributed by atoms with Crippen LogP contribution in [-0.2, 0) is 19.6 Å². The van der Waals surface area contributed by atoms with Crippen molar-refractivity contribution < 1.29 is 27.1 Å². The van der Waals surface area contributed by atoms with Crippen LogP contribution in [0.5, 0.6) is 5.75 Å². The van der Waals surface area contributed by atoms with E-state index in [4.69, 9.17) is 4.74 Å². The summed E-state index contributed by atoms with van der Waals surface area (Å²) in [5.74, 6) is -0.846. The highest BCUT2D eigenvalue weighted by Gasteiger charge is 2.27. The molecule has 0 saturated heterocycles. The second kappa shape index (κ2) is 10.8. The Labute approximate surface area is 197 Å². The SMILES string of the molecule is CCOc1ccc(N(CC(=O)Nc2ccc(NC(C)=O)cc2)S(=O)(=O)c2ccc(F)cc2)cc1. The Kier molecular flexibility index (Phi) is 7.85. The Balaban J connectivity index is 1.86. The number of ether oxygens (including phenoxy) is 1. The van der Waals surface area contributed by atoms with Crippen molar-refractivity contribution >= 4 is 38.9 Å². The molecule has 0 aromatic heterocycles. The molecule has 0 aliphatic heterocycles. The van der Waals surface area contributed by atoms with Crippen molar-refractivity contribution in [1.29, 1.82) is 0 Å². The van der Waals surface area contributed by atoms with Crippen LogP contribution in [-0.4, -0.2) is 33.4 Å². The van der Waals surface area contributed by atoms with E-state index < -0.39 is 28.3 Å². The lowest BCUT2D eigenvalue weighted by Gasteiger charge is -2.24. The highest BCUT2D eigenvalue weighted by molar-refractivity contribution is 7.92. The van der Waals surface area contributed by atoms with Crippen LogP contribution in [0.2, 0.25) is 0 Å². The minimum atomic E-state index is -4.19. The first-order valence-corrected chi connectivity index (χ1v) is 11.8. The van der Waals surface area contributed by atoms with Crippen LogP contribution in [0.15, 0.2) is 77.7 Å². The normalized spacial score (nSPS) is 10.9. The van der Waals surface area contributed by atoms with Gasteiger partial charge < -0.3 is 15.4 Å². The van der Waals surface area contributed by atoms with Gasteiger partial charge in [-0.1, -0.05) is 0 Å². The summed E-state index contributed by atoms with van der Waals surface area (Å²) < 4.78 is 46.4. The fourth-order valence-electron chi connectivity index (χ4n) is 3.10. The van der Waals surface area contributed by atoms with Gasteiger partial charge in [0, 0.05) is 18.3 Å². The van der Waals surface area contributed by atoms with Crippen LogP contribution >= 0.6 is 0 Å². The average molecular weight is 486 g/mol. The van der Waals surface area contributed by atoms with Crippen molar-refractivity contribution in [3.8, 4) is 5.75 Å². The monoisotopic (exact) mass is 485 g/mol. The van der Waals surface area contributed by atoms with E-state index in [1.165, 1.54) is 19.1 Å². The topological polar surface area (TPSA) is 105 Å². The van der Waals surface area contributed by atoms with Gasteiger partial charge in [0.05, 0.1) is 17.2 Å². The van der Waals surface area contributed by atoms with Crippen LogP contribution in [0, 0.1) is 5.82 Å². The number of halogens is 1. The van der Waals surface area contributed by atoms with Gasteiger partial charge in [-0.3, -0.25) is 13.9 Å². The van der Waals surface area contributed by atoms with E-state index >= 15 is 0 Å². The smallest absolute Gasteiger partial charge is 0.264 e. The molecule has 3 aromatic rings. The summed E-state index contributed by atoms with van der Waals surface area (Å²) in [5, 5.41) is 5.26. The minimum Gasteiger partial charge on any atom is -0.494 e. The Morgan fingerprint density at radius 1 is 0.882 bits per heavy atom. The molecular weight excluding hydrogens is 461 g/mol. The third kappa shape index (κ3) is 6.32. The summed E-state index contributed by atoms with van der Waals surface area (Å²) in [6.45, 7) is 3.13. The summed E-state index contributed by atoms with van der Waals surface area (Å²) in [7, 11) is -4.19. The third-order valence-electron chi connectivity index (χ3n) is 4.61. The Morgan fingerprint density at radius 3 is 1.97 bits per heavy atom. The van der Waals surface area contributed by atoms with Gasteiger partial charge >= 0.3 is 0 Å². The van der Waals surface area contributed by atoms with Crippen LogP contribution in [0.3, 0.4) is 0 Å². The summed E-state index contributed by atoms with van der Waals surface area (Å²) >= 11 is 0. The Bertz CT molecular complexity index is 1250. The average Bonchev–Trinajstić information content (AvgIpc) is 2.79. The molecule has 0 radical (unpaired) electrons. The maximum atomic E-state index is 13.4. The molecule has 0 heterocycles. The van der Waals surface area contributed by atoms with Gasteiger partial charge in [-0.25, -0.2) is 12.8 Å². The highest BCUT2D eigenvalue weighted by atomic mass is 32.2. The van der Waals surface area contributed by atoms with Gasteiger partial charge in [-0.15, -0.1) is 0 Å². The first kappa shape index (κ1) is 24.7. The maximum absolute atomic E-state index is 13.4. The number of nitrogens with one attached hydrogen (secondary N) is 2. The number of hydrogen-bond donors (Lipinski definition) is 2. The second-order valence-corrected chi connectivity index (χ2v) is 9.06. The Morgan fingerprint density at radius 2 is 1.44 bits per heavy atom. The minimum absolute atomic E-state index is 0.157. The maximum Gasteiger partial charge on any atom is 0.264 e. The standard InChI is InChI=1S/C24H24FN3O5S/c1-3-33-22-12-10-21(11-13-22)28(34(31,32)23-14-4-18(25)5-15-23)16-24(30)27-20-8-6-19(7-9-20)26-17(2)29/h4-15H,3,16H2,1-2H3,(H,26,29)(H,27,30). The molecule has 34 heavy (non-hydrogen) atoms. The number of benzene rings is 3. The fourth-order valence-corrected chi connectivity index (χ4v) is 4.52. The summed E-state index contributed by atoms with van der Waals surface area (Å²) in [6.07, 6.45) is 0. The second-order valence-electron chi connectivity index (χ2n) is 7.20. The van der Waals surface area contributed by atoms with Crippen molar-refractivity contribution in [3.05, 3.63) is 78.6 Å². The summed E-state index contributed by atoms with van der Waals surface area (Å²) in [5.41, 5.74) is 1.22. The number of carbonyl (C=O) groups excluding carboxylic acids is 2. The van der Waals surface area contributed by atoms with E-state index in [2.05, 4.69) is 10.6 Å². The zero-order chi connectivity index (χ0) is 24.7. The van der Waals surface area contributed by atoms with Gasteiger partial charge in [-0.05, 0) is 79.7 Å². The summed E-state index contributed by atoms with van der Waals surface area (Å²) in [4.78, 5) is 23.8. The van der Waals surface area contributed by atoms with Gasteiger partial charge in [0.2, 0.25) is 11.8 Å². The highest BCUT2D eigenvalue weighted by Crippen LogP contribution is 2.26. The number of sulfonamides is 1. The zero-order valence-corrected chi connectivity index (χ0v) is 19.4. The molecule has 10 heteroatoms. The van der Waals surface area contributed by atoms with Crippen LogP contribution in [0.1, 0.15) is 13.8 Å². The van der Waals surface area contributed by atoms with Gasteiger partial charge in [-0.2, -0.15) is 0 Å². The number of amides is 2. The summed E-state index contributed by atoms with van der Waals surface area (Å²) in [6, 6.07) is 17.0. The number of hydrogen-bond acceptors (Lipinski definition) is 5. The first-order valence-electron chi connectivity index (χ1n) is 10.4. The Hall–Kier alpha value is -3.92. The third-order valence-corrected chi connectivity index (χ3v) is 6.40. The van der Waals surface area contributed by atoms with Gasteiger partial charge in [0.25, 0.3) is 10.0 Å². The zero-order valence-electron chi connectivity index (χ0n) is 18.6.